The number of esters is 3. The van der Waals surface area contributed by atoms with Gasteiger partial charge >= 0.3 is 23.9 Å². The molecule has 9 heteroatoms. The average Bonchev–Trinajstić information content (AvgIpc) is 2.84. The molecule has 0 amide bonds. The van der Waals surface area contributed by atoms with E-state index in [4.69, 9.17) is 19.9 Å². The predicted octanol–water partition coefficient (Wildman–Crippen LogP) is 4.84. The van der Waals surface area contributed by atoms with E-state index in [1.807, 2.05) is 34.6 Å². The molecule has 1 aromatic carbocycles. The first kappa shape index (κ1) is 32.1. The minimum Gasteiger partial charge on any atom is -0.480 e. The molecule has 5 atom stereocenters. The van der Waals surface area contributed by atoms with Crippen molar-refractivity contribution >= 4 is 23.9 Å². The maximum Gasteiger partial charge on any atom is 0.321 e. The van der Waals surface area contributed by atoms with Crippen LogP contribution < -0.4 is 15.2 Å². The fourth-order valence-electron chi connectivity index (χ4n) is 3.73. The van der Waals surface area contributed by atoms with Crippen LogP contribution in [-0.2, 0) is 23.9 Å². The molecule has 0 spiro atoms. The Labute approximate surface area is 220 Å². The van der Waals surface area contributed by atoms with Crippen LogP contribution in [-0.4, -0.2) is 41.6 Å². The van der Waals surface area contributed by atoms with Gasteiger partial charge in [0.25, 0.3) is 0 Å². The van der Waals surface area contributed by atoms with Crippen LogP contribution in [0.4, 0.5) is 0 Å². The van der Waals surface area contributed by atoms with Gasteiger partial charge in [-0.3, -0.25) is 19.2 Å². The summed E-state index contributed by atoms with van der Waals surface area (Å²) in [6.07, 6.45) is 2.85. The van der Waals surface area contributed by atoms with Crippen LogP contribution in [0, 0.1) is 17.8 Å². The molecule has 1 aromatic rings. The van der Waals surface area contributed by atoms with Gasteiger partial charge in [-0.1, -0.05) is 60.5 Å². The first-order valence-electron chi connectivity index (χ1n) is 13.1. The van der Waals surface area contributed by atoms with Crippen molar-refractivity contribution in [2.24, 2.45) is 23.5 Å². The lowest BCUT2D eigenvalue weighted by Gasteiger charge is -2.28. The Morgan fingerprint density at radius 1 is 0.865 bits per heavy atom. The third kappa shape index (κ3) is 10.9. The van der Waals surface area contributed by atoms with Crippen LogP contribution >= 0.6 is 0 Å². The van der Waals surface area contributed by atoms with Crippen molar-refractivity contribution in [3.63, 3.8) is 0 Å². The molecule has 0 radical (unpaired) electrons. The second-order valence-electron chi connectivity index (χ2n) is 9.89. The molecular formula is C28H43NO8. The van der Waals surface area contributed by atoms with Crippen molar-refractivity contribution in [3.8, 4) is 11.5 Å². The van der Waals surface area contributed by atoms with E-state index in [0.29, 0.717) is 12.0 Å². The third-order valence-corrected chi connectivity index (χ3v) is 6.47. The zero-order chi connectivity index (χ0) is 28.1. The number of nitrogens with two attached hydrogens (primary N) is 1. The summed E-state index contributed by atoms with van der Waals surface area (Å²) < 4.78 is 16.4. The summed E-state index contributed by atoms with van der Waals surface area (Å²) in [7, 11) is 0. The molecule has 3 N–H and O–H groups in total. The van der Waals surface area contributed by atoms with E-state index in [-0.39, 0.29) is 55.2 Å². The summed E-state index contributed by atoms with van der Waals surface area (Å²) in [5, 5.41) is 9.66. The van der Waals surface area contributed by atoms with Crippen LogP contribution in [0.1, 0.15) is 91.5 Å². The van der Waals surface area contributed by atoms with E-state index >= 15 is 0 Å². The van der Waals surface area contributed by atoms with Gasteiger partial charge in [0, 0.05) is 25.2 Å². The molecule has 0 bridgehead atoms. The lowest BCUT2D eigenvalue weighted by molar-refractivity contribution is -0.145. The Hall–Kier alpha value is -2.94. The summed E-state index contributed by atoms with van der Waals surface area (Å²) in [4.78, 5) is 48.8. The van der Waals surface area contributed by atoms with Crippen LogP contribution in [0.5, 0.6) is 11.5 Å². The van der Waals surface area contributed by atoms with Gasteiger partial charge in [-0.05, 0) is 41.9 Å². The van der Waals surface area contributed by atoms with Crippen molar-refractivity contribution in [3.05, 3.63) is 23.8 Å². The highest BCUT2D eigenvalue weighted by atomic mass is 16.6. The highest BCUT2D eigenvalue weighted by Gasteiger charge is 2.32. The molecule has 0 aliphatic carbocycles. The summed E-state index contributed by atoms with van der Waals surface area (Å²) in [5.41, 5.74) is 6.51. The lowest BCUT2D eigenvalue weighted by Crippen LogP contribution is -2.40. The van der Waals surface area contributed by atoms with E-state index in [0.717, 1.165) is 12.8 Å². The molecule has 0 aliphatic heterocycles. The maximum absolute atomic E-state index is 12.6. The van der Waals surface area contributed by atoms with Gasteiger partial charge in [-0.25, -0.2) is 0 Å². The molecule has 0 saturated heterocycles. The fourth-order valence-corrected chi connectivity index (χ4v) is 3.73. The monoisotopic (exact) mass is 521 g/mol. The SMILES string of the molecule is CCCC(=O)OCC(C)C(c1ccc(OC(=O)CC(C)CC)c(OC(=O)CC(C)CC)c1)[C@H](N)C(=O)O. The van der Waals surface area contributed by atoms with Gasteiger partial charge in [-0.2, -0.15) is 0 Å². The molecule has 1 rings (SSSR count). The second kappa shape index (κ2) is 16.0. The van der Waals surface area contributed by atoms with Gasteiger partial charge < -0.3 is 25.1 Å². The predicted molar refractivity (Wildman–Crippen MR) is 139 cm³/mol. The van der Waals surface area contributed by atoms with Crippen LogP contribution in [0.25, 0.3) is 0 Å². The van der Waals surface area contributed by atoms with Crippen LogP contribution in [0.2, 0.25) is 0 Å². The quantitative estimate of drug-likeness (QED) is 0.231. The van der Waals surface area contributed by atoms with Gasteiger partial charge in [0.2, 0.25) is 0 Å². The third-order valence-electron chi connectivity index (χ3n) is 6.47. The number of ether oxygens (including phenoxy) is 3. The zero-order valence-corrected chi connectivity index (χ0v) is 23.0. The molecule has 0 saturated carbocycles. The Balaban J connectivity index is 3.36. The summed E-state index contributed by atoms with van der Waals surface area (Å²) >= 11 is 0. The number of carboxylic acids is 1. The zero-order valence-electron chi connectivity index (χ0n) is 23.0. The largest absolute Gasteiger partial charge is 0.480 e. The van der Waals surface area contributed by atoms with Crippen LogP contribution in [0.3, 0.4) is 0 Å². The van der Waals surface area contributed by atoms with Crippen molar-refractivity contribution in [2.75, 3.05) is 6.61 Å². The highest BCUT2D eigenvalue weighted by Crippen LogP contribution is 2.36. The number of carbonyl (C=O) groups excluding carboxylic acids is 3. The van der Waals surface area contributed by atoms with Gasteiger partial charge in [0.1, 0.15) is 6.04 Å². The molecule has 9 nitrogen and oxygen atoms in total. The van der Waals surface area contributed by atoms with Crippen LogP contribution in [0.15, 0.2) is 18.2 Å². The first-order valence-corrected chi connectivity index (χ1v) is 13.1. The van der Waals surface area contributed by atoms with E-state index in [1.165, 1.54) is 12.1 Å². The highest BCUT2D eigenvalue weighted by molar-refractivity contribution is 5.77. The van der Waals surface area contributed by atoms with Gasteiger partial charge in [-0.15, -0.1) is 0 Å². The van der Waals surface area contributed by atoms with E-state index in [1.54, 1.807) is 13.0 Å². The van der Waals surface area contributed by atoms with E-state index in [9.17, 15) is 24.3 Å². The summed E-state index contributed by atoms with van der Waals surface area (Å²) in [6.45, 7) is 11.4. The smallest absolute Gasteiger partial charge is 0.321 e. The lowest BCUT2D eigenvalue weighted by atomic mass is 9.82. The number of rotatable bonds is 16. The molecule has 0 heterocycles. The van der Waals surface area contributed by atoms with Gasteiger partial charge in [0.15, 0.2) is 11.5 Å². The average molecular weight is 522 g/mol. The minimum absolute atomic E-state index is 0.0149. The second-order valence-corrected chi connectivity index (χ2v) is 9.89. The Morgan fingerprint density at radius 2 is 1.41 bits per heavy atom. The number of hydrogen-bond acceptors (Lipinski definition) is 8. The number of aliphatic carboxylic acids is 1. The number of hydrogen-bond donors (Lipinski definition) is 2. The number of carboxylic acid groups (broad SMARTS) is 1. The minimum atomic E-state index is -1.32. The molecule has 4 unspecified atom stereocenters. The Morgan fingerprint density at radius 3 is 1.89 bits per heavy atom. The normalized spacial score (nSPS) is 15.1. The molecule has 0 fully saturated rings. The van der Waals surface area contributed by atoms with Crippen molar-refractivity contribution in [2.45, 2.75) is 92.0 Å². The van der Waals surface area contributed by atoms with E-state index < -0.39 is 35.8 Å². The molecule has 0 aromatic heterocycles. The van der Waals surface area contributed by atoms with Crippen molar-refractivity contribution in [1.82, 2.24) is 0 Å². The van der Waals surface area contributed by atoms with Crippen molar-refractivity contribution < 1.29 is 38.5 Å². The Kier molecular flexibility index (Phi) is 13.9. The number of carbonyl (C=O) groups is 4. The summed E-state index contributed by atoms with van der Waals surface area (Å²) in [5.74, 6) is -3.49. The molecule has 208 valence electrons. The molecular weight excluding hydrogens is 478 g/mol. The van der Waals surface area contributed by atoms with E-state index in [2.05, 4.69) is 0 Å². The molecule has 37 heavy (non-hydrogen) atoms. The maximum atomic E-state index is 12.6. The Bertz CT molecular complexity index is 915. The number of benzene rings is 1. The molecule has 0 aliphatic rings. The van der Waals surface area contributed by atoms with Crippen molar-refractivity contribution in [1.29, 1.82) is 0 Å². The topological polar surface area (TPSA) is 142 Å². The fraction of sp³-hybridized carbons (Fsp3) is 0.643. The van der Waals surface area contributed by atoms with Gasteiger partial charge in [0.05, 0.1) is 6.61 Å². The standard InChI is InChI=1S/C28H43NO8/c1-7-10-23(30)35-16-19(6)26(27(29)28(33)34)20-11-12-21(36-24(31)13-17(4)8-2)22(15-20)37-25(32)14-18(5)9-3/h11-12,15,17-19,26-27H,7-10,13-14,16,29H2,1-6H3,(H,33,34)/t17?,18?,19?,26?,27-/m0/s1. The first-order chi connectivity index (χ1) is 17.4. The summed E-state index contributed by atoms with van der Waals surface area (Å²) in [6, 6.07) is 3.24.